The number of benzene rings is 1. The van der Waals surface area contributed by atoms with Crippen LogP contribution in [0, 0.1) is 0 Å². The molecule has 1 N–H and O–H groups in total. The summed E-state index contributed by atoms with van der Waals surface area (Å²) in [4.78, 5) is 33.8. The highest BCUT2D eigenvalue weighted by atomic mass is 32.1. The third kappa shape index (κ3) is 2.71. The van der Waals surface area contributed by atoms with E-state index in [4.69, 9.17) is 0 Å². The molecule has 0 atom stereocenters. The van der Waals surface area contributed by atoms with Crippen molar-refractivity contribution in [1.82, 2.24) is 14.9 Å². The molecule has 0 unspecified atom stereocenters. The largest absolute Gasteiger partial charge is 0.335 e. The van der Waals surface area contributed by atoms with E-state index in [2.05, 4.69) is 9.97 Å². The molecule has 6 heteroatoms. The third-order valence-electron chi connectivity index (χ3n) is 3.12. The van der Waals surface area contributed by atoms with E-state index in [0.29, 0.717) is 17.6 Å². The van der Waals surface area contributed by atoms with Gasteiger partial charge >= 0.3 is 0 Å². The number of thiophene rings is 1. The summed E-state index contributed by atoms with van der Waals surface area (Å²) in [7, 11) is 1.67. The van der Waals surface area contributed by atoms with Crippen molar-refractivity contribution in [3.05, 3.63) is 62.7 Å². The van der Waals surface area contributed by atoms with Gasteiger partial charge in [-0.15, -0.1) is 11.3 Å². The van der Waals surface area contributed by atoms with Crippen molar-refractivity contribution in [3.63, 3.8) is 0 Å². The number of nitrogens with zero attached hydrogens (tertiary/aromatic N) is 2. The molecule has 3 aromatic rings. The molecule has 3 rings (SSSR count). The van der Waals surface area contributed by atoms with Crippen LogP contribution in [0.15, 0.2) is 46.6 Å². The number of nitrogens with one attached hydrogen (secondary N) is 1. The topological polar surface area (TPSA) is 66.1 Å². The monoisotopic (exact) mass is 299 g/mol. The van der Waals surface area contributed by atoms with Gasteiger partial charge in [0, 0.05) is 11.9 Å². The number of aromatic amines is 1. The molecule has 106 valence electrons. The Morgan fingerprint density at radius 2 is 2.10 bits per heavy atom. The lowest BCUT2D eigenvalue weighted by molar-refractivity contribution is 0.0779. The Hall–Kier alpha value is -2.47. The van der Waals surface area contributed by atoms with Crippen molar-refractivity contribution >= 4 is 28.3 Å². The number of H-pyrrole nitrogens is 1. The normalized spacial score (nSPS) is 10.7. The van der Waals surface area contributed by atoms with Gasteiger partial charge < -0.3 is 9.88 Å². The first-order valence-electron chi connectivity index (χ1n) is 6.42. The van der Waals surface area contributed by atoms with Crippen LogP contribution in [0.25, 0.3) is 11.0 Å². The van der Waals surface area contributed by atoms with Gasteiger partial charge in [0.25, 0.3) is 11.5 Å². The van der Waals surface area contributed by atoms with Crippen molar-refractivity contribution in [2.24, 2.45) is 0 Å². The molecule has 0 fully saturated rings. The molecule has 0 aliphatic carbocycles. The number of hydrogen-bond donors (Lipinski definition) is 1. The summed E-state index contributed by atoms with van der Waals surface area (Å²) in [6, 6.07) is 11.0. The quantitative estimate of drug-likeness (QED) is 0.806. The fraction of sp³-hybridized carbons (Fsp3) is 0.133. The van der Waals surface area contributed by atoms with E-state index in [0.717, 1.165) is 4.88 Å². The van der Waals surface area contributed by atoms with Gasteiger partial charge in [0.1, 0.15) is 0 Å². The van der Waals surface area contributed by atoms with E-state index >= 15 is 0 Å². The van der Waals surface area contributed by atoms with Gasteiger partial charge in [-0.05, 0) is 23.6 Å². The molecule has 1 amide bonds. The summed E-state index contributed by atoms with van der Waals surface area (Å²) < 4.78 is 0. The maximum atomic E-state index is 12.4. The highest BCUT2D eigenvalue weighted by Crippen LogP contribution is 2.12. The van der Waals surface area contributed by atoms with Crippen LogP contribution < -0.4 is 5.56 Å². The van der Waals surface area contributed by atoms with Crippen molar-refractivity contribution in [2.45, 2.75) is 6.54 Å². The van der Waals surface area contributed by atoms with Gasteiger partial charge in [0.2, 0.25) is 0 Å². The molecule has 0 bridgehead atoms. The maximum Gasteiger partial charge on any atom is 0.280 e. The van der Waals surface area contributed by atoms with Crippen LogP contribution in [-0.4, -0.2) is 27.8 Å². The van der Waals surface area contributed by atoms with Gasteiger partial charge in [-0.1, -0.05) is 18.2 Å². The van der Waals surface area contributed by atoms with E-state index in [1.807, 2.05) is 29.6 Å². The lowest BCUT2D eigenvalue weighted by Crippen LogP contribution is -2.32. The van der Waals surface area contributed by atoms with E-state index in [-0.39, 0.29) is 11.6 Å². The zero-order valence-corrected chi connectivity index (χ0v) is 12.2. The first-order chi connectivity index (χ1) is 10.1. The van der Waals surface area contributed by atoms with Crippen molar-refractivity contribution in [2.75, 3.05) is 7.05 Å². The first-order valence-corrected chi connectivity index (χ1v) is 7.30. The van der Waals surface area contributed by atoms with E-state index in [1.54, 1.807) is 30.5 Å². The number of carbonyl (C=O) groups is 1. The van der Waals surface area contributed by atoms with Crippen LogP contribution in [-0.2, 0) is 6.54 Å². The Balaban J connectivity index is 1.93. The Morgan fingerprint density at radius 3 is 2.86 bits per heavy atom. The number of rotatable bonds is 3. The highest BCUT2D eigenvalue weighted by molar-refractivity contribution is 7.09. The lowest BCUT2D eigenvalue weighted by atomic mass is 10.3. The molecule has 2 aromatic heterocycles. The number of fused-ring (bicyclic) bond motifs is 1. The number of hydrogen-bond acceptors (Lipinski definition) is 4. The molecule has 0 aliphatic heterocycles. The maximum absolute atomic E-state index is 12.4. The molecule has 0 radical (unpaired) electrons. The van der Waals surface area contributed by atoms with Crippen LogP contribution in [0.4, 0.5) is 0 Å². The van der Waals surface area contributed by atoms with Crippen molar-refractivity contribution in [3.8, 4) is 0 Å². The van der Waals surface area contributed by atoms with E-state index in [9.17, 15) is 9.59 Å². The number of para-hydroxylation sites is 2. The molecular formula is C15H13N3O2S. The van der Waals surface area contributed by atoms with Crippen LogP contribution in [0.2, 0.25) is 0 Å². The van der Waals surface area contributed by atoms with Gasteiger partial charge in [0.05, 0.1) is 17.6 Å². The van der Waals surface area contributed by atoms with Crippen LogP contribution in [0.5, 0.6) is 0 Å². The number of amides is 1. The van der Waals surface area contributed by atoms with Gasteiger partial charge in [-0.25, -0.2) is 4.98 Å². The van der Waals surface area contributed by atoms with E-state index in [1.165, 1.54) is 4.90 Å². The molecule has 0 saturated heterocycles. The summed E-state index contributed by atoms with van der Waals surface area (Å²) in [5.41, 5.74) is 0.689. The minimum absolute atomic E-state index is 0.0762. The van der Waals surface area contributed by atoms with Crippen LogP contribution >= 0.6 is 11.3 Å². The summed E-state index contributed by atoms with van der Waals surface area (Å²) in [5, 5.41) is 1.95. The smallest absolute Gasteiger partial charge is 0.280 e. The van der Waals surface area contributed by atoms with Gasteiger partial charge in [-0.2, -0.15) is 0 Å². The fourth-order valence-corrected chi connectivity index (χ4v) is 2.82. The Kier molecular flexibility index (Phi) is 3.53. The van der Waals surface area contributed by atoms with Gasteiger partial charge in [0.15, 0.2) is 5.69 Å². The summed E-state index contributed by atoms with van der Waals surface area (Å²) >= 11 is 1.57. The van der Waals surface area contributed by atoms with Gasteiger partial charge in [-0.3, -0.25) is 9.59 Å². The predicted octanol–water partition coefficient (Wildman–Crippen LogP) is 2.26. The van der Waals surface area contributed by atoms with Crippen molar-refractivity contribution in [1.29, 1.82) is 0 Å². The van der Waals surface area contributed by atoms with Crippen LogP contribution in [0.1, 0.15) is 15.4 Å². The zero-order chi connectivity index (χ0) is 14.8. The molecule has 0 spiro atoms. The Morgan fingerprint density at radius 1 is 1.29 bits per heavy atom. The zero-order valence-electron chi connectivity index (χ0n) is 11.4. The Bertz CT molecular complexity index is 840. The molecule has 1 aromatic carbocycles. The summed E-state index contributed by atoms with van der Waals surface area (Å²) in [5.74, 6) is -0.379. The molecule has 0 aliphatic rings. The summed E-state index contributed by atoms with van der Waals surface area (Å²) in [6.45, 7) is 0.463. The molecular weight excluding hydrogens is 286 g/mol. The molecule has 21 heavy (non-hydrogen) atoms. The second-order valence-electron chi connectivity index (χ2n) is 4.67. The number of aromatic nitrogens is 2. The predicted molar refractivity (Wildman–Crippen MR) is 82.5 cm³/mol. The van der Waals surface area contributed by atoms with Crippen molar-refractivity contribution < 1.29 is 4.79 Å². The SMILES string of the molecule is CN(Cc1cccs1)C(=O)c1nc2ccccc2[nH]c1=O. The lowest BCUT2D eigenvalue weighted by Gasteiger charge is -2.15. The average Bonchev–Trinajstić information content (AvgIpc) is 2.98. The third-order valence-corrected chi connectivity index (χ3v) is 3.98. The number of carbonyl (C=O) groups excluding carboxylic acids is 1. The standard InChI is InChI=1S/C15H13N3O2S/c1-18(9-10-5-4-8-21-10)15(20)13-14(19)17-12-7-3-2-6-11(12)16-13/h2-8H,9H2,1H3,(H,17,19). The molecule has 2 heterocycles. The fourth-order valence-electron chi connectivity index (χ4n) is 2.06. The second-order valence-corrected chi connectivity index (χ2v) is 5.70. The van der Waals surface area contributed by atoms with Crippen LogP contribution in [0.3, 0.4) is 0 Å². The average molecular weight is 299 g/mol. The molecule has 5 nitrogen and oxygen atoms in total. The Labute approximate surface area is 124 Å². The second kappa shape index (κ2) is 5.49. The minimum Gasteiger partial charge on any atom is -0.335 e. The molecule has 0 saturated carbocycles. The first kappa shape index (κ1) is 13.5. The highest BCUT2D eigenvalue weighted by Gasteiger charge is 2.18. The summed E-state index contributed by atoms with van der Waals surface area (Å²) in [6.07, 6.45) is 0. The minimum atomic E-state index is -0.461. The van der Waals surface area contributed by atoms with E-state index < -0.39 is 5.56 Å².